The van der Waals surface area contributed by atoms with Crippen molar-refractivity contribution in [1.82, 2.24) is 20.4 Å². The van der Waals surface area contributed by atoms with Crippen molar-refractivity contribution in [3.05, 3.63) is 0 Å². The molecule has 0 aromatic carbocycles. The van der Waals surface area contributed by atoms with E-state index in [0.717, 1.165) is 26.2 Å². The van der Waals surface area contributed by atoms with Crippen LogP contribution in [0, 0.1) is 0 Å². The van der Waals surface area contributed by atoms with E-state index >= 15 is 0 Å². The van der Waals surface area contributed by atoms with E-state index in [1.165, 1.54) is 0 Å². The molecule has 20 heavy (non-hydrogen) atoms. The van der Waals surface area contributed by atoms with Crippen molar-refractivity contribution in [3.63, 3.8) is 0 Å². The Kier molecular flexibility index (Phi) is 6.42. The minimum Gasteiger partial charge on any atom is -0.350 e. The number of hydrogen-bond acceptors (Lipinski definition) is 4. The number of carbonyl (C=O) groups excluding carboxylic acids is 2. The van der Waals surface area contributed by atoms with E-state index in [2.05, 4.69) is 10.6 Å². The zero-order chi connectivity index (χ0) is 15.2. The molecule has 1 aliphatic heterocycles. The summed E-state index contributed by atoms with van der Waals surface area (Å²) in [4.78, 5) is 27.5. The summed E-state index contributed by atoms with van der Waals surface area (Å²) < 4.78 is 0. The Bertz CT molecular complexity index is 333. The molecule has 1 fully saturated rings. The van der Waals surface area contributed by atoms with Crippen molar-refractivity contribution >= 4 is 11.8 Å². The normalized spacial score (nSPS) is 16.4. The zero-order valence-electron chi connectivity index (χ0n) is 13.2. The molecule has 0 unspecified atom stereocenters. The minimum atomic E-state index is -0.214. The molecule has 0 aliphatic carbocycles. The number of piperazine rings is 1. The third-order valence-electron chi connectivity index (χ3n) is 3.11. The van der Waals surface area contributed by atoms with Gasteiger partial charge in [0.05, 0.1) is 6.54 Å². The molecule has 0 aromatic rings. The first-order valence-electron chi connectivity index (χ1n) is 7.26. The highest BCUT2D eigenvalue weighted by Gasteiger charge is 2.18. The summed E-state index contributed by atoms with van der Waals surface area (Å²) in [5.41, 5.74) is -0.214. The second-order valence-electron chi connectivity index (χ2n) is 6.42. The molecule has 1 rings (SSSR count). The number of rotatable bonds is 5. The summed E-state index contributed by atoms with van der Waals surface area (Å²) in [6.45, 7) is 10.1. The van der Waals surface area contributed by atoms with Crippen LogP contribution < -0.4 is 10.6 Å². The monoisotopic (exact) mass is 284 g/mol. The number of amides is 2. The first-order chi connectivity index (χ1) is 9.28. The second kappa shape index (κ2) is 7.59. The van der Waals surface area contributed by atoms with Crippen LogP contribution in [0.2, 0.25) is 0 Å². The highest BCUT2D eigenvalue weighted by atomic mass is 16.2. The topological polar surface area (TPSA) is 64.7 Å². The first kappa shape index (κ1) is 16.9. The van der Waals surface area contributed by atoms with Gasteiger partial charge in [0.15, 0.2) is 0 Å². The van der Waals surface area contributed by atoms with Crippen LogP contribution in [-0.2, 0) is 9.59 Å². The second-order valence-corrected chi connectivity index (χ2v) is 6.42. The fraction of sp³-hybridized carbons (Fsp3) is 0.857. The van der Waals surface area contributed by atoms with Crippen molar-refractivity contribution in [2.45, 2.75) is 32.7 Å². The van der Waals surface area contributed by atoms with E-state index in [0.29, 0.717) is 19.5 Å². The first-order valence-corrected chi connectivity index (χ1v) is 7.26. The van der Waals surface area contributed by atoms with E-state index in [1.54, 1.807) is 0 Å². The molecular formula is C14H28N4O2. The Hall–Kier alpha value is -1.14. The Morgan fingerprint density at radius 2 is 1.85 bits per heavy atom. The summed E-state index contributed by atoms with van der Waals surface area (Å²) in [6.07, 6.45) is 0.472. The van der Waals surface area contributed by atoms with Gasteiger partial charge in [0.25, 0.3) is 0 Å². The zero-order valence-corrected chi connectivity index (χ0v) is 13.2. The Labute approximate surface area is 121 Å². The van der Waals surface area contributed by atoms with Gasteiger partial charge in [-0.1, -0.05) is 0 Å². The third kappa shape index (κ3) is 6.86. The molecule has 0 spiro atoms. The number of likely N-dealkylation sites (N-methyl/N-ethyl adjacent to an activating group) is 1. The van der Waals surface area contributed by atoms with Crippen LogP contribution in [0.25, 0.3) is 0 Å². The Morgan fingerprint density at radius 3 is 2.40 bits per heavy atom. The highest BCUT2D eigenvalue weighted by Crippen LogP contribution is 2.00. The van der Waals surface area contributed by atoms with Gasteiger partial charge in [-0.05, 0) is 27.8 Å². The largest absolute Gasteiger partial charge is 0.350 e. The molecule has 0 atom stereocenters. The van der Waals surface area contributed by atoms with Gasteiger partial charge in [-0.3, -0.25) is 14.5 Å². The number of nitrogens with zero attached hydrogens (tertiary/aromatic N) is 2. The third-order valence-corrected chi connectivity index (χ3v) is 3.11. The van der Waals surface area contributed by atoms with Gasteiger partial charge in [-0.2, -0.15) is 0 Å². The van der Waals surface area contributed by atoms with Gasteiger partial charge >= 0.3 is 0 Å². The lowest BCUT2D eigenvalue weighted by atomic mass is 10.1. The molecule has 116 valence electrons. The molecule has 1 heterocycles. The number of nitrogens with one attached hydrogen (secondary N) is 2. The number of carbonyl (C=O) groups is 2. The SMILES string of the molecule is CN(CCC(=O)N1CCNCC1)CC(=O)NC(C)(C)C. The van der Waals surface area contributed by atoms with E-state index in [-0.39, 0.29) is 17.4 Å². The lowest BCUT2D eigenvalue weighted by Crippen LogP contribution is -2.48. The van der Waals surface area contributed by atoms with Gasteiger partial charge in [-0.15, -0.1) is 0 Å². The van der Waals surface area contributed by atoms with E-state index < -0.39 is 0 Å². The minimum absolute atomic E-state index is 0.00498. The van der Waals surface area contributed by atoms with Crippen molar-refractivity contribution < 1.29 is 9.59 Å². The summed E-state index contributed by atoms with van der Waals surface area (Å²) in [5.74, 6) is 0.171. The van der Waals surface area contributed by atoms with Crippen LogP contribution >= 0.6 is 0 Å². The van der Waals surface area contributed by atoms with Gasteiger partial charge in [-0.25, -0.2) is 0 Å². The predicted molar refractivity (Wildman–Crippen MR) is 79.5 cm³/mol. The van der Waals surface area contributed by atoms with Crippen LogP contribution in [0.3, 0.4) is 0 Å². The fourth-order valence-corrected chi connectivity index (χ4v) is 2.14. The van der Waals surface area contributed by atoms with E-state index in [9.17, 15) is 9.59 Å². The van der Waals surface area contributed by atoms with Crippen molar-refractivity contribution in [1.29, 1.82) is 0 Å². The standard InChI is InChI=1S/C14H28N4O2/c1-14(2,3)16-12(19)11-17(4)8-5-13(20)18-9-6-15-7-10-18/h15H,5-11H2,1-4H3,(H,16,19). The van der Waals surface area contributed by atoms with Crippen LogP contribution in [0.15, 0.2) is 0 Å². The van der Waals surface area contributed by atoms with Crippen molar-refractivity contribution in [2.75, 3.05) is 46.3 Å². The van der Waals surface area contributed by atoms with Crippen molar-refractivity contribution in [2.24, 2.45) is 0 Å². The number of hydrogen-bond donors (Lipinski definition) is 2. The summed E-state index contributed by atoms with van der Waals surface area (Å²) in [5, 5.41) is 6.14. The van der Waals surface area contributed by atoms with Gasteiger partial charge in [0.2, 0.25) is 11.8 Å². The Balaban J connectivity index is 2.23. The molecule has 0 bridgehead atoms. The lowest BCUT2D eigenvalue weighted by Gasteiger charge is -2.28. The molecule has 6 nitrogen and oxygen atoms in total. The summed E-state index contributed by atoms with van der Waals surface area (Å²) >= 11 is 0. The molecule has 0 saturated carbocycles. The molecule has 1 aliphatic rings. The van der Waals surface area contributed by atoms with Gasteiger partial charge < -0.3 is 15.5 Å². The summed E-state index contributed by atoms with van der Waals surface area (Å²) in [6, 6.07) is 0. The van der Waals surface area contributed by atoms with Crippen LogP contribution in [0.4, 0.5) is 0 Å². The van der Waals surface area contributed by atoms with E-state index in [4.69, 9.17) is 0 Å². The van der Waals surface area contributed by atoms with E-state index in [1.807, 2.05) is 37.6 Å². The Morgan fingerprint density at radius 1 is 1.25 bits per heavy atom. The molecule has 2 N–H and O–H groups in total. The van der Waals surface area contributed by atoms with Gasteiger partial charge in [0, 0.05) is 44.7 Å². The molecule has 1 saturated heterocycles. The highest BCUT2D eigenvalue weighted by molar-refractivity contribution is 5.79. The molecule has 0 aromatic heterocycles. The average molecular weight is 284 g/mol. The lowest BCUT2D eigenvalue weighted by molar-refractivity contribution is -0.132. The molecule has 2 amide bonds. The quantitative estimate of drug-likeness (QED) is 0.725. The van der Waals surface area contributed by atoms with Crippen LogP contribution in [0.1, 0.15) is 27.2 Å². The van der Waals surface area contributed by atoms with Crippen LogP contribution in [-0.4, -0.2) is 73.5 Å². The smallest absolute Gasteiger partial charge is 0.234 e. The average Bonchev–Trinajstić information content (AvgIpc) is 2.34. The summed E-state index contributed by atoms with van der Waals surface area (Å²) in [7, 11) is 1.87. The predicted octanol–water partition coefficient (Wildman–Crippen LogP) is -0.345. The van der Waals surface area contributed by atoms with Crippen LogP contribution in [0.5, 0.6) is 0 Å². The molecule has 0 radical (unpaired) electrons. The maximum atomic E-state index is 12.0. The molecular weight excluding hydrogens is 256 g/mol. The molecule has 6 heteroatoms. The fourth-order valence-electron chi connectivity index (χ4n) is 2.14. The van der Waals surface area contributed by atoms with Crippen molar-refractivity contribution in [3.8, 4) is 0 Å². The maximum absolute atomic E-state index is 12.0. The maximum Gasteiger partial charge on any atom is 0.234 e. The van der Waals surface area contributed by atoms with Gasteiger partial charge in [0.1, 0.15) is 0 Å².